The van der Waals surface area contributed by atoms with Gasteiger partial charge in [-0.05, 0) is 31.9 Å². The fourth-order valence-corrected chi connectivity index (χ4v) is 5.37. The predicted molar refractivity (Wildman–Crippen MR) is 125 cm³/mol. The molecule has 1 aliphatic heterocycles. The Morgan fingerprint density at radius 1 is 1.36 bits per heavy atom. The molecule has 0 saturated carbocycles. The molecule has 0 radical (unpaired) electrons. The fraction of sp³-hybridized carbons (Fsp3) is 0.429. The second-order valence-electron chi connectivity index (χ2n) is 7.97. The molecule has 3 aromatic rings. The van der Waals surface area contributed by atoms with Crippen molar-refractivity contribution < 1.29 is 13.2 Å². The van der Waals surface area contributed by atoms with E-state index in [1.165, 1.54) is 16.9 Å². The van der Waals surface area contributed by atoms with E-state index in [1.54, 1.807) is 10.7 Å². The normalized spacial score (nSPS) is 14.9. The zero-order valence-corrected chi connectivity index (χ0v) is 20.1. The highest BCUT2D eigenvalue weighted by molar-refractivity contribution is 7.88. The average molecular weight is 490 g/mol. The molecule has 0 amide bonds. The summed E-state index contributed by atoms with van der Waals surface area (Å²) in [7, 11) is -3.30. The van der Waals surface area contributed by atoms with Crippen molar-refractivity contribution in [3.63, 3.8) is 0 Å². The van der Waals surface area contributed by atoms with Crippen LogP contribution in [-0.4, -0.2) is 58.4 Å². The quantitative estimate of drug-likeness (QED) is 0.532. The van der Waals surface area contributed by atoms with Gasteiger partial charge in [0.2, 0.25) is 10.0 Å². The van der Waals surface area contributed by atoms with Gasteiger partial charge in [0.05, 0.1) is 34.5 Å². The number of aromatic nitrogens is 4. The lowest BCUT2D eigenvalue weighted by molar-refractivity contribution is 0.254. The Morgan fingerprint density at radius 3 is 2.73 bits per heavy atom. The third kappa shape index (κ3) is 4.21. The first-order chi connectivity index (χ1) is 15.7. The molecule has 33 heavy (non-hydrogen) atoms. The Labute approximate surface area is 197 Å². The monoisotopic (exact) mass is 489 g/mol. The van der Waals surface area contributed by atoms with Gasteiger partial charge >= 0.3 is 0 Å². The van der Waals surface area contributed by atoms with Crippen LogP contribution in [0.15, 0.2) is 12.4 Å². The van der Waals surface area contributed by atoms with Crippen molar-refractivity contribution in [3.05, 3.63) is 39.8 Å². The fourth-order valence-electron chi connectivity index (χ4n) is 4.19. The smallest absolute Gasteiger partial charge is 0.211 e. The molecule has 10 nitrogen and oxygen atoms in total. The molecular formula is C21H24ClN7O3S. The molecule has 0 atom stereocenters. The number of rotatable bonds is 7. The summed E-state index contributed by atoms with van der Waals surface area (Å²) in [5, 5.41) is 15.4. The van der Waals surface area contributed by atoms with Crippen molar-refractivity contribution in [2.75, 3.05) is 31.7 Å². The third-order valence-electron chi connectivity index (χ3n) is 5.80. The van der Waals surface area contributed by atoms with Crippen LogP contribution in [0.4, 0.5) is 5.82 Å². The number of hydrogen-bond acceptors (Lipinski definition) is 8. The van der Waals surface area contributed by atoms with E-state index in [0.717, 1.165) is 16.6 Å². The van der Waals surface area contributed by atoms with Crippen LogP contribution in [0, 0.1) is 18.3 Å². The van der Waals surface area contributed by atoms with Gasteiger partial charge in [-0.15, -0.1) is 0 Å². The predicted octanol–water partition coefficient (Wildman–Crippen LogP) is 2.24. The number of fused-ring (bicyclic) bond motifs is 1. The summed E-state index contributed by atoms with van der Waals surface area (Å²) >= 11 is 6.49. The summed E-state index contributed by atoms with van der Waals surface area (Å²) in [4.78, 5) is 8.36. The van der Waals surface area contributed by atoms with Crippen LogP contribution < -0.4 is 10.5 Å². The van der Waals surface area contributed by atoms with Gasteiger partial charge in [0.25, 0.3) is 0 Å². The molecule has 0 unspecified atom stereocenters. The first kappa shape index (κ1) is 23.2. The van der Waals surface area contributed by atoms with E-state index >= 15 is 0 Å². The zero-order valence-electron chi connectivity index (χ0n) is 18.5. The number of nitrogens with two attached hydrogens (primary N) is 1. The van der Waals surface area contributed by atoms with E-state index in [-0.39, 0.29) is 19.0 Å². The Kier molecular flexibility index (Phi) is 6.18. The highest BCUT2D eigenvalue weighted by atomic mass is 35.5. The van der Waals surface area contributed by atoms with Crippen LogP contribution in [0.2, 0.25) is 5.02 Å². The number of benzene rings is 1. The summed E-state index contributed by atoms with van der Waals surface area (Å²) in [6.07, 6.45) is 3.09. The lowest BCUT2D eigenvalue weighted by Gasteiger charge is -2.38. The maximum absolute atomic E-state index is 11.9. The number of halogens is 1. The van der Waals surface area contributed by atoms with E-state index in [1.807, 2.05) is 13.8 Å². The molecule has 0 spiro atoms. The average Bonchev–Trinajstić information content (AvgIpc) is 3.03. The molecule has 2 aromatic heterocycles. The topological polar surface area (TPSA) is 140 Å². The van der Waals surface area contributed by atoms with Gasteiger partial charge in [0, 0.05) is 31.1 Å². The number of sulfonamides is 1. The van der Waals surface area contributed by atoms with Gasteiger partial charge in [-0.25, -0.2) is 27.4 Å². The minimum atomic E-state index is -3.30. The second-order valence-corrected chi connectivity index (χ2v) is 10.4. The van der Waals surface area contributed by atoms with Crippen molar-refractivity contribution in [3.8, 4) is 11.8 Å². The third-order valence-corrected chi connectivity index (χ3v) is 7.33. The second kappa shape index (κ2) is 8.78. The standard InChI is InChI=1S/C21H24ClN7O3S/c1-4-32-19-13(5-6-29-21-17(12(2)27-29)20(24)25-11-26-21)7-16(22)15(8-23)18(19)14-9-28(10-14)33(3,30)31/h7,11,14H,4-6,9-10H2,1-3H3,(H2,24,25,26). The Bertz CT molecular complexity index is 1370. The van der Waals surface area contributed by atoms with Crippen LogP contribution >= 0.6 is 11.6 Å². The first-order valence-electron chi connectivity index (χ1n) is 10.4. The Morgan fingerprint density at radius 2 is 2.09 bits per heavy atom. The van der Waals surface area contributed by atoms with E-state index in [4.69, 9.17) is 22.1 Å². The van der Waals surface area contributed by atoms with E-state index in [0.29, 0.717) is 52.9 Å². The molecule has 1 saturated heterocycles. The van der Waals surface area contributed by atoms with E-state index in [9.17, 15) is 13.7 Å². The summed E-state index contributed by atoms with van der Waals surface area (Å²) in [5.41, 5.74) is 9.17. The molecule has 0 aliphatic carbocycles. The van der Waals surface area contributed by atoms with Crippen molar-refractivity contribution in [1.29, 1.82) is 5.26 Å². The van der Waals surface area contributed by atoms with E-state index < -0.39 is 10.0 Å². The number of nitrogens with zero attached hydrogens (tertiary/aromatic N) is 6. The molecule has 1 aliphatic rings. The first-order valence-corrected chi connectivity index (χ1v) is 12.6. The van der Waals surface area contributed by atoms with Gasteiger partial charge in [-0.3, -0.25) is 0 Å². The van der Waals surface area contributed by atoms with Crippen molar-refractivity contribution in [2.45, 2.75) is 32.7 Å². The van der Waals surface area contributed by atoms with Crippen LogP contribution in [0.25, 0.3) is 11.0 Å². The van der Waals surface area contributed by atoms with Crippen LogP contribution in [-0.2, 0) is 23.0 Å². The molecular weight excluding hydrogens is 466 g/mol. The molecule has 2 N–H and O–H groups in total. The SMILES string of the molecule is CCOc1c(CCn2nc(C)c3c(N)ncnc32)cc(Cl)c(C#N)c1C1CN(S(C)(=O)=O)C1. The lowest BCUT2D eigenvalue weighted by Crippen LogP contribution is -2.48. The highest BCUT2D eigenvalue weighted by Crippen LogP contribution is 2.42. The largest absolute Gasteiger partial charge is 0.493 e. The van der Waals surface area contributed by atoms with Crippen LogP contribution in [0.1, 0.15) is 35.2 Å². The van der Waals surface area contributed by atoms with Gasteiger partial charge in [-0.1, -0.05) is 11.6 Å². The molecule has 0 bridgehead atoms. The Balaban J connectivity index is 1.71. The zero-order chi connectivity index (χ0) is 23.9. The minimum Gasteiger partial charge on any atom is -0.493 e. The number of nitriles is 1. The van der Waals surface area contributed by atoms with Gasteiger partial charge in [0.1, 0.15) is 24.0 Å². The molecule has 1 fully saturated rings. The van der Waals surface area contributed by atoms with Gasteiger partial charge in [-0.2, -0.15) is 10.4 Å². The van der Waals surface area contributed by atoms with Crippen molar-refractivity contribution >= 4 is 38.5 Å². The van der Waals surface area contributed by atoms with Gasteiger partial charge < -0.3 is 10.5 Å². The maximum Gasteiger partial charge on any atom is 0.211 e. The summed E-state index contributed by atoms with van der Waals surface area (Å²) in [5.74, 6) is 0.787. The highest BCUT2D eigenvalue weighted by Gasteiger charge is 2.38. The molecule has 3 heterocycles. The number of hydrogen-bond donors (Lipinski definition) is 1. The van der Waals surface area contributed by atoms with Crippen molar-refractivity contribution in [2.24, 2.45) is 0 Å². The summed E-state index contributed by atoms with van der Waals surface area (Å²) < 4.78 is 32.8. The molecule has 1 aromatic carbocycles. The summed E-state index contributed by atoms with van der Waals surface area (Å²) in [6.45, 7) is 5.15. The van der Waals surface area contributed by atoms with Gasteiger partial charge in [0.15, 0.2) is 5.65 Å². The minimum absolute atomic E-state index is 0.173. The maximum atomic E-state index is 11.9. The summed E-state index contributed by atoms with van der Waals surface area (Å²) in [6, 6.07) is 3.91. The molecule has 174 valence electrons. The number of nitrogen functional groups attached to an aromatic ring is 1. The lowest BCUT2D eigenvalue weighted by atomic mass is 9.87. The molecule has 4 rings (SSSR count). The van der Waals surface area contributed by atoms with Crippen LogP contribution in [0.3, 0.4) is 0 Å². The van der Waals surface area contributed by atoms with Crippen molar-refractivity contribution in [1.82, 2.24) is 24.1 Å². The number of aryl methyl sites for hydroxylation is 3. The van der Waals surface area contributed by atoms with Crippen LogP contribution in [0.5, 0.6) is 5.75 Å². The Hall–Kier alpha value is -2.94. The number of ether oxygens (including phenoxy) is 1. The van der Waals surface area contributed by atoms with E-state index in [2.05, 4.69) is 21.1 Å². The number of anilines is 1. The molecule has 12 heteroatoms.